The number of hydrogen-bond donors (Lipinski definition) is 1. The summed E-state index contributed by atoms with van der Waals surface area (Å²) >= 11 is 7.07. The maximum Gasteiger partial charge on any atom is 0.147 e. The van der Waals surface area contributed by atoms with Crippen LogP contribution >= 0.6 is 31.9 Å². The van der Waals surface area contributed by atoms with Gasteiger partial charge in [0.05, 0.1) is 16.1 Å². The van der Waals surface area contributed by atoms with Gasteiger partial charge in [0.2, 0.25) is 0 Å². The highest BCUT2D eigenvalue weighted by Crippen LogP contribution is 2.34. The van der Waals surface area contributed by atoms with Crippen molar-refractivity contribution < 1.29 is 4.74 Å². The van der Waals surface area contributed by atoms with Crippen molar-refractivity contribution in [1.82, 2.24) is 10.2 Å². The molecule has 1 fully saturated rings. The molecule has 1 aliphatic heterocycles. The molecule has 0 aliphatic carbocycles. The topological polar surface area (TPSA) is 24.5 Å². The van der Waals surface area contributed by atoms with Crippen LogP contribution < -0.4 is 10.1 Å². The van der Waals surface area contributed by atoms with Gasteiger partial charge >= 0.3 is 0 Å². The quantitative estimate of drug-likeness (QED) is 0.698. The fourth-order valence-corrected chi connectivity index (χ4v) is 4.18. The number of nitrogens with one attached hydrogen (secondary N) is 1. The molecule has 112 valence electrons. The van der Waals surface area contributed by atoms with Crippen LogP contribution in [0.25, 0.3) is 0 Å². The minimum absolute atomic E-state index is 0.850. The Morgan fingerprint density at radius 1 is 1.20 bits per heavy atom. The summed E-state index contributed by atoms with van der Waals surface area (Å²) < 4.78 is 7.29. The zero-order valence-electron chi connectivity index (χ0n) is 11.9. The number of ether oxygens (including phenoxy) is 1. The van der Waals surface area contributed by atoms with Gasteiger partial charge in [-0.15, -0.1) is 0 Å². The van der Waals surface area contributed by atoms with Gasteiger partial charge in [-0.2, -0.15) is 0 Å². The van der Waals surface area contributed by atoms with Gasteiger partial charge in [-0.3, -0.25) is 0 Å². The highest BCUT2D eigenvalue weighted by atomic mass is 79.9. The predicted molar refractivity (Wildman–Crippen MR) is 90.4 cm³/mol. The molecule has 0 atom stereocenters. The summed E-state index contributed by atoms with van der Waals surface area (Å²) in [6.45, 7) is 5.76. The Morgan fingerprint density at radius 2 is 1.85 bits per heavy atom. The van der Waals surface area contributed by atoms with E-state index in [2.05, 4.69) is 54.2 Å². The molecule has 5 heteroatoms. The van der Waals surface area contributed by atoms with Crippen molar-refractivity contribution in [3.8, 4) is 5.75 Å². The lowest BCUT2D eigenvalue weighted by Crippen LogP contribution is -2.24. The van der Waals surface area contributed by atoms with E-state index < -0.39 is 0 Å². The molecule has 1 N–H and O–H groups in total. The molecule has 0 saturated carbocycles. The van der Waals surface area contributed by atoms with Gasteiger partial charge in [-0.05, 0) is 95.0 Å². The predicted octanol–water partition coefficient (Wildman–Crippen LogP) is 3.80. The molecule has 0 radical (unpaired) electrons. The van der Waals surface area contributed by atoms with Crippen molar-refractivity contribution in [2.75, 3.05) is 33.3 Å². The average molecular weight is 406 g/mol. The van der Waals surface area contributed by atoms with Gasteiger partial charge in [0.15, 0.2) is 0 Å². The van der Waals surface area contributed by atoms with E-state index in [4.69, 9.17) is 4.74 Å². The summed E-state index contributed by atoms with van der Waals surface area (Å²) in [5.41, 5.74) is 1.26. The van der Waals surface area contributed by atoms with E-state index in [1.165, 1.54) is 44.5 Å². The van der Waals surface area contributed by atoms with E-state index in [9.17, 15) is 0 Å². The van der Waals surface area contributed by atoms with Crippen LogP contribution in [0.2, 0.25) is 0 Å². The average Bonchev–Trinajstić information content (AvgIpc) is 2.91. The summed E-state index contributed by atoms with van der Waals surface area (Å²) in [4.78, 5) is 2.56. The lowest BCUT2D eigenvalue weighted by Gasteiger charge is -2.14. The van der Waals surface area contributed by atoms with Crippen LogP contribution in [-0.2, 0) is 6.54 Å². The number of methoxy groups -OCH3 is 1. The fraction of sp³-hybridized carbons (Fsp3) is 0.600. The number of halogens is 2. The van der Waals surface area contributed by atoms with Crippen LogP contribution in [0.1, 0.15) is 24.8 Å². The van der Waals surface area contributed by atoms with Crippen LogP contribution in [0.15, 0.2) is 21.1 Å². The molecule has 0 unspecified atom stereocenters. The molecule has 2 rings (SSSR count). The van der Waals surface area contributed by atoms with E-state index in [0.717, 1.165) is 27.8 Å². The first-order chi connectivity index (χ1) is 9.70. The van der Waals surface area contributed by atoms with E-state index in [-0.39, 0.29) is 0 Å². The summed E-state index contributed by atoms with van der Waals surface area (Å²) in [7, 11) is 1.68. The molecule has 1 aliphatic rings. The number of hydrogen-bond acceptors (Lipinski definition) is 3. The largest absolute Gasteiger partial charge is 0.494 e. The van der Waals surface area contributed by atoms with Crippen LogP contribution in [-0.4, -0.2) is 38.2 Å². The summed E-state index contributed by atoms with van der Waals surface area (Å²) in [6.07, 6.45) is 3.97. The van der Waals surface area contributed by atoms with Gasteiger partial charge in [0.1, 0.15) is 5.75 Å². The summed E-state index contributed by atoms with van der Waals surface area (Å²) in [5, 5.41) is 3.51. The van der Waals surface area contributed by atoms with Crippen molar-refractivity contribution in [1.29, 1.82) is 0 Å². The van der Waals surface area contributed by atoms with E-state index in [1.54, 1.807) is 7.11 Å². The van der Waals surface area contributed by atoms with E-state index in [1.807, 2.05) is 0 Å². The lowest BCUT2D eigenvalue weighted by molar-refractivity contribution is 0.331. The third-order valence-corrected chi connectivity index (χ3v) is 4.80. The second-order valence-electron chi connectivity index (χ2n) is 5.17. The molecule has 1 heterocycles. The van der Waals surface area contributed by atoms with Gasteiger partial charge in [0, 0.05) is 6.54 Å². The van der Waals surface area contributed by atoms with Crippen molar-refractivity contribution in [3.63, 3.8) is 0 Å². The Labute approximate surface area is 138 Å². The zero-order chi connectivity index (χ0) is 14.4. The highest BCUT2D eigenvalue weighted by molar-refractivity contribution is 9.11. The van der Waals surface area contributed by atoms with Gasteiger partial charge < -0.3 is 15.0 Å². The molecule has 1 saturated heterocycles. The Morgan fingerprint density at radius 3 is 2.45 bits per heavy atom. The van der Waals surface area contributed by atoms with Gasteiger partial charge in [-0.25, -0.2) is 0 Å². The second-order valence-corrected chi connectivity index (χ2v) is 6.88. The number of rotatable bonds is 7. The van der Waals surface area contributed by atoms with Crippen LogP contribution in [0.3, 0.4) is 0 Å². The highest BCUT2D eigenvalue weighted by Gasteiger charge is 2.10. The molecular weight excluding hydrogens is 384 g/mol. The molecule has 1 aromatic carbocycles. The first-order valence-corrected chi connectivity index (χ1v) is 8.74. The van der Waals surface area contributed by atoms with Gasteiger partial charge in [-0.1, -0.05) is 0 Å². The minimum Gasteiger partial charge on any atom is -0.494 e. The number of nitrogens with zero attached hydrogens (tertiary/aromatic N) is 1. The monoisotopic (exact) mass is 404 g/mol. The van der Waals surface area contributed by atoms with Crippen molar-refractivity contribution in [3.05, 3.63) is 26.6 Å². The first kappa shape index (κ1) is 16.3. The minimum atomic E-state index is 0.850. The number of benzene rings is 1. The molecule has 3 nitrogen and oxygen atoms in total. The Bertz CT molecular complexity index is 411. The molecule has 20 heavy (non-hydrogen) atoms. The third kappa shape index (κ3) is 4.72. The normalized spacial score (nSPS) is 15.8. The molecule has 0 aromatic heterocycles. The smallest absolute Gasteiger partial charge is 0.147 e. The van der Waals surface area contributed by atoms with Crippen molar-refractivity contribution in [2.24, 2.45) is 0 Å². The van der Waals surface area contributed by atoms with Crippen molar-refractivity contribution in [2.45, 2.75) is 25.8 Å². The molecule has 0 amide bonds. The summed E-state index contributed by atoms with van der Waals surface area (Å²) in [5.74, 6) is 0.850. The maximum atomic E-state index is 5.31. The molecule has 1 aromatic rings. The third-order valence-electron chi connectivity index (χ3n) is 3.62. The lowest BCUT2D eigenvalue weighted by atomic mass is 10.2. The van der Waals surface area contributed by atoms with Crippen LogP contribution in [0, 0.1) is 0 Å². The standard InChI is InChI=1S/C15H22Br2N2O/c1-20-15-13(16)9-12(10-14(15)17)11-18-5-4-8-19-6-2-3-7-19/h9-10,18H,2-8,11H2,1H3. The van der Waals surface area contributed by atoms with E-state index >= 15 is 0 Å². The van der Waals surface area contributed by atoms with Crippen molar-refractivity contribution >= 4 is 31.9 Å². The Hall–Kier alpha value is -0.100. The second kappa shape index (κ2) is 8.37. The van der Waals surface area contributed by atoms with Crippen LogP contribution in [0.5, 0.6) is 5.75 Å². The Kier molecular flexibility index (Phi) is 6.81. The molecular formula is C15H22Br2N2O. The number of likely N-dealkylation sites (tertiary alicyclic amines) is 1. The van der Waals surface area contributed by atoms with E-state index in [0.29, 0.717) is 0 Å². The Balaban J connectivity index is 1.71. The molecule has 0 bridgehead atoms. The first-order valence-electron chi connectivity index (χ1n) is 7.15. The zero-order valence-corrected chi connectivity index (χ0v) is 15.1. The summed E-state index contributed by atoms with van der Waals surface area (Å²) in [6, 6.07) is 4.22. The van der Waals surface area contributed by atoms with Crippen LogP contribution in [0.4, 0.5) is 0 Å². The SMILES string of the molecule is COc1c(Br)cc(CNCCCN2CCCC2)cc1Br. The molecule has 0 spiro atoms. The van der Waals surface area contributed by atoms with Gasteiger partial charge in [0.25, 0.3) is 0 Å². The fourth-order valence-electron chi connectivity index (χ4n) is 2.58. The maximum absolute atomic E-state index is 5.31.